The van der Waals surface area contributed by atoms with Gasteiger partial charge in [-0.2, -0.15) is 0 Å². The molecule has 1 fully saturated rings. The summed E-state index contributed by atoms with van der Waals surface area (Å²) in [7, 11) is 1.57. The number of carboxylic acid groups (broad SMARTS) is 1. The van der Waals surface area contributed by atoms with Crippen molar-refractivity contribution in [1.82, 2.24) is 0 Å². The lowest BCUT2D eigenvalue weighted by atomic mass is 10.2. The van der Waals surface area contributed by atoms with Crippen LogP contribution in [-0.2, 0) is 19.1 Å². The number of hydrogen-bond acceptors (Lipinski definition) is 5. The highest BCUT2D eigenvalue weighted by molar-refractivity contribution is 6.31. The summed E-state index contributed by atoms with van der Waals surface area (Å²) in [5.74, 6) is -1.04. The van der Waals surface area contributed by atoms with E-state index in [1.807, 2.05) is 6.92 Å². The molecule has 3 atom stereocenters. The second-order valence-corrected chi connectivity index (χ2v) is 5.98. The predicted molar refractivity (Wildman–Crippen MR) is 87.6 cm³/mol. The Morgan fingerprint density at radius 3 is 2.75 bits per heavy atom. The molecule has 24 heavy (non-hydrogen) atoms. The summed E-state index contributed by atoms with van der Waals surface area (Å²) in [6, 6.07) is 4.87. The van der Waals surface area contributed by atoms with Crippen LogP contribution >= 0.6 is 11.6 Å². The van der Waals surface area contributed by atoms with Crippen molar-refractivity contribution in [2.45, 2.75) is 38.1 Å². The number of hydrogen-bond donors (Lipinski definition) is 2. The van der Waals surface area contributed by atoms with E-state index in [4.69, 9.17) is 30.9 Å². The summed E-state index contributed by atoms with van der Waals surface area (Å²) in [5.41, 5.74) is 0.401. The van der Waals surface area contributed by atoms with Crippen molar-refractivity contribution in [2.24, 2.45) is 0 Å². The van der Waals surface area contributed by atoms with Gasteiger partial charge in [0.2, 0.25) is 0 Å². The number of halogens is 1. The number of nitrogens with one attached hydrogen (secondary N) is 1. The normalized spacial score (nSPS) is 21.3. The number of aliphatic carboxylic acids is 1. The first-order chi connectivity index (χ1) is 11.4. The molecule has 1 heterocycles. The Kier molecular flexibility index (Phi) is 6.42. The van der Waals surface area contributed by atoms with E-state index >= 15 is 0 Å². The molecule has 1 unspecified atom stereocenters. The topological polar surface area (TPSA) is 94.1 Å². The molecule has 1 aliphatic rings. The Morgan fingerprint density at radius 1 is 1.42 bits per heavy atom. The van der Waals surface area contributed by atoms with Crippen molar-refractivity contribution >= 4 is 29.2 Å². The van der Waals surface area contributed by atoms with Gasteiger partial charge in [-0.05, 0) is 38.0 Å². The number of rotatable bonds is 7. The second-order valence-electron chi connectivity index (χ2n) is 5.54. The first-order valence-electron chi connectivity index (χ1n) is 7.55. The molecule has 2 rings (SSSR count). The molecule has 1 saturated heterocycles. The lowest BCUT2D eigenvalue weighted by molar-refractivity contribution is -0.150. The van der Waals surface area contributed by atoms with Crippen LogP contribution in [0.3, 0.4) is 0 Å². The van der Waals surface area contributed by atoms with Crippen LogP contribution in [0.15, 0.2) is 18.2 Å². The number of anilines is 1. The Hall–Kier alpha value is -1.83. The smallest absolute Gasteiger partial charge is 0.332 e. The molecule has 1 amide bonds. The molecule has 1 aromatic rings. The van der Waals surface area contributed by atoms with E-state index in [1.54, 1.807) is 25.3 Å². The summed E-state index contributed by atoms with van der Waals surface area (Å²) in [6.07, 6.45) is -1.32. The number of carbonyl (C=O) groups is 2. The van der Waals surface area contributed by atoms with Crippen LogP contribution in [0.25, 0.3) is 0 Å². The Bertz CT molecular complexity index is 608. The molecular weight excluding hydrogens is 338 g/mol. The molecule has 0 aromatic heterocycles. The molecule has 0 bridgehead atoms. The number of amides is 1. The monoisotopic (exact) mass is 357 g/mol. The van der Waals surface area contributed by atoms with Crippen molar-refractivity contribution < 1.29 is 28.9 Å². The molecule has 1 aromatic carbocycles. The van der Waals surface area contributed by atoms with E-state index in [2.05, 4.69) is 5.32 Å². The molecular formula is C16H20ClNO6. The SMILES string of the molecule is COCC(C)Oc1ccc(Cl)cc1NC(=O)[C@@H]1CC[C@H](C(=O)O)O1. The molecule has 0 radical (unpaired) electrons. The number of carboxylic acids is 1. The minimum Gasteiger partial charge on any atom is -0.486 e. The molecule has 132 valence electrons. The first-order valence-corrected chi connectivity index (χ1v) is 7.92. The molecule has 1 aliphatic heterocycles. The zero-order valence-corrected chi connectivity index (χ0v) is 14.2. The molecule has 8 heteroatoms. The summed E-state index contributed by atoms with van der Waals surface area (Å²) in [4.78, 5) is 23.2. The average Bonchev–Trinajstić information content (AvgIpc) is 3.00. The van der Waals surface area contributed by atoms with Crippen molar-refractivity contribution in [3.63, 3.8) is 0 Å². The van der Waals surface area contributed by atoms with E-state index in [9.17, 15) is 9.59 Å². The maximum absolute atomic E-state index is 12.3. The first kappa shape index (κ1) is 18.5. The van der Waals surface area contributed by atoms with Crippen molar-refractivity contribution in [1.29, 1.82) is 0 Å². The molecule has 0 aliphatic carbocycles. The fourth-order valence-electron chi connectivity index (χ4n) is 2.41. The highest BCUT2D eigenvalue weighted by atomic mass is 35.5. The van der Waals surface area contributed by atoms with Gasteiger partial charge in [-0.15, -0.1) is 0 Å². The minimum atomic E-state index is -1.06. The largest absolute Gasteiger partial charge is 0.486 e. The fourth-order valence-corrected chi connectivity index (χ4v) is 2.59. The lowest BCUT2D eigenvalue weighted by Gasteiger charge is -2.18. The third kappa shape index (κ3) is 4.83. The fraction of sp³-hybridized carbons (Fsp3) is 0.500. The van der Waals surface area contributed by atoms with Crippen LogP contribution in [0.1, 0.15) is 19.8 Å². The zero-order chi connectivity index (χ0) is 17.7. The van der Waals surface area contributed by atoms with Gasteiger partial charge in [-0.1, -0.05) is 11.6 Å². The quantitative estimate of drug-likeness (QED) is 0.777. The van der Waals surface area contributed by atoms with E-state index in [0.29, 0.717) is 35.9 Å². The van der Waals surface area contributed by atoms with Gasteiger partial charge in [0.05, 0.1) is 12.3 Å². The lowest BCUT2D eigenvalue weighted by Crippen LogP contribution is -2.30. The van der Waals surface area contributed by atoms with Crippen LogP contribution in [-0.4, -0.2) is 49.0 Å². The van der Waals surface area contributed by atoms with Gasteiger partial charge in [0.15, 0.2) is 6.10 Å². The van der Waals surface area contributed by atoms with Gasteiger partial charge in [0, 0.05) is 12.1 Å². The summed E-state index contributed by atoms with van der Waals surface area (Å²) >= 11 is 5.98. The number of methoxy groups -OCH3 is 1. The zero-order valence-electron chi connectivity index (χ0n) is 13.5. The Labute approximate surface area is 144 Å². The van der Waals surface area contributed by atoms with E-state index < -0.39 is 24.1 Å². The summed E-state index contributed by atoms with van der Waals surface area (Å²) in [6.45, 7) is 2.23. The standard InChI is InChI=1S/C16H20ClNO6/c1-9(8-22-2)23-12-4-3-10(17)7-11(12)18-15(19)13-5-6-14(24-13)16(20)21/h3-4,7,9,13-14H,5-6,8H2,1-2H3,(H,18,19)(H,20,21)/t9?,13-,14+/m0/s1. The van der Waals surface area contributed by atoms with Crippen molar-refractivity contribution in [2.75, 3.05) is 19.0 Å². The number of ether oxygens (including phenoxy) is 3. The highest BCUT2D eigenvalue weighted by Crippen LogP contribution is 2.30. The van der Waals surface area contributed by atoms with Crippen LogP contribution in [0.5, 0.6) is 5.75 Å². The summed E-state index contributed by atoms with van der Waals surface area (Å²) < 4.78 is 16.0. The van der Waals surface area contributed by atoms with Gasteiger partial charge in [0.1, 0.15) is 18.0 Å². The van der Waals surface area contributed by atoms with Gasteiger partial charge in [0.25, 0.3) is 5.91 Å². The number of benzene rings is 1. The molecule has 7 nitrogen and oxygen atoms in total. The Morgan fingerprint density at radius 2 is 2.12 bits per heavy atom. The summed E-state index contributed by atoms with van der Waals surface area (Å²) in [5, 5.41) is 12.1. The predicted octanol–water partition coefficient (Wildman–Crippen LogP) is 2.32. The van der Waals surface area contributed by atoms with Crippen LogP contribution in [0.2, 0.25) is 5.02 Å². The number of carbonyl (C=O) groups excluding carboxylic acids is 1. The van der Waals surface area contributed by atoms with Crippen LogP contribution < -0.4 is 10.1 Å². The van der Waals surface area contributed by atoms with Crippen LogP contribution in [0.4, 0.5) is 5.69 Å². The third-order valence-corrected chi connectivity index (χ3v) is 3.75. The van der Waals surface area contributed by atoms with Gasteiger partial charge in [-0.3, -0.25) is 4.79 Å². The van der Waals surface area contributed by atoms with Crippen molar-refractivity contribution in [3.05, 3.63) is 23.2 Å². The second kappa shape index (κ2) is 8.32. The maximum Gasteiger partial charge on any atom is 0.332 e. The molecule has 2 N–H and O–H groups in total. The van der Waals surface area contributed by atoms with Gasteiger partial charge >= 0.3 is 5.97 Å². The minimum absolute atomic E-state index is 0.217. The molecule has 0 spiro atoms. The average molecular weight is 358 g/mol. The third-order valence-electron chi connectivity index (χ3n) is 3.52. The molecule has 0 saturated carbocycles. The van der Waals surface area contributed by atoms with E-state index in [1.165, 1.54) is 0 Å². The van der Waals surface area contributed by atoms with Gasteiger partial charge in [-0.25, -0.2) is 4.79 Å². The van der Waals surface area contributed by atoms with Gasteiger partial charge < -0.3 is 24.6 Å². The maximum atomic E-state index is 12.3. The van der Waals surface area contributed by atoms with E-state index in [0.717, 1.165) is 0 Å². The van der Waals surface area contributed by atoms with E-state index in [-0.39, 0.29) is 6.10 Å². The highest BCUT2D eigenvalue weighted by Gasteiger charge is 2.35. The van der Waals surface area contributed by atoms with Crippen molar-refractivity contribution in [3.8, 4) is 5.75 Å². The Balaban J connectivity index is 2.06. The van der Waals surface area contributed by atoms with Crippen LogP contribution in [0, 0.1) is 0 Å².